The summed E-state index contributed by atoms with van der Waals surface area (Å²) in [5.41, 5.74) is -0.770. The maximum Gasteiger partial charge on any atom is 0.282 e. The van der Waals surface area contributed by atoms with E-state index in [9.17, 15) is 18.8 Å². The molecule has 2 aromatic rings. The minimum absolute atomic E-state index is 0.0477. The first-order valence-corrected chi connectivity index (χ1v) is 11.9. The Balaban J connectivity index is 1.40. The predicted octanol–water partition coefficient (Wildman–Crippen LogP) is 0.424. The van der Waals surface area contributed by atoms with E-state index in [2.05, 4.69) is 25.4 Å². The van der Waals surface area contributed by atoms with Crippen LogP contribution in [0.1, 0.15) is 44.6 Å². The van der Waals surface area contributed by atoms with Crippen LogP contribution in [-0.4, -0.2) is 73.4 Å². The highest BCUT2D eigenvalue weighted by atomic mass is 32.2. The third-order valence-electron chi connectivity index (χ3n) is 5.91. The van der Waals surface area contributed by atoms with Gasteiger partial charge in [0.2, 0.25) is 11.8 Å². The molecular weight excluding hydrogens is 436 g/mol. The van der Waals surface area contributed by atoms with E-state index in [1.165, 1.54) is 21.5 Å². The Bertz CT molecular complexity index is 1120. The van der Waals surface area contributed by atoms with Gasteiger partial charge in [0.25, 0.3) is 15.2 Å². The molecule has 2 N–H and O–H groups in total. The fourth-order valence-corrected chi connectivity index (χ4v) is 5.35. The highest BCUT2D eigenvalue weighted by Crippen LogP contribution is 2.33. The van der Waals surface area contributed by atoms with Gasteiger partial charge in [-0.3, -0.25) is 4.68 Å². The number of rotatable bonds is 6. The van der Waals surface area contributed by atoms with E-state index in [4.69, 9.17) is 4.74 Å². The van der Waals surface area contributed by atoms with Crippen LogP contribution in [0.15, 0.2) is 17.7 Å². The average molecular weight is 463 g/mol. The Hall–Kier alpha value is -2.82. The maximum atomic E-state index is 12.7. The first-order valence-electron chi connectivity index (χ1n) is 10.5. The van der Waals surface area contributed by atoms with Gasteiger partial charge in [-0.25, -0.2) is 18.4 Å². The second-order valence-electron chi connectivity index (χ2n) is 8.40. The predicted molar refractivity (Wildman–Crippen MR) is 112 cm³/mol. The second-order valence-corrected chi connectivity index (χ2v) is 10.2. The third-order valence-corrected chi connectivity index (χ3v) is 7.60. The van der Waals surface area contributed by atoms with Gasteiger partial charge in [-0.15, -0.1) is 5.10 Å². The summed E-state index contributed by atoms with van der Waals surface area (Å²) in [6.45, 7) is 2.34. The van der Waals surface area contributed by atoms with Gasteiger partial charge in [0.1, 0.15) is 24.1 Å². The fourth-order valence-electron chi connectivity index (χ4n) is 4.02. The van der Waals surface area contributed by atoms with Crippen molar-refractivity contribution in [3.8, 4) is 11.9 Å². The molecule has 4 rings (SSSR count). The van der Waals surface area contributed by atoms with Crippen LogP contribution in [0.2, 0.25) is 0 Å². The van der Waals surface area contributed by atoms with Gasteiger partial charge in [-0.05, 0) is 39.0 Å². The summed E-state index contributed by atoms with van der Waals surface area (Å²) in [6.07, 6.45) is 5.55. The summed E-state index contributed by atoms with van der Waals surface area (Å²) in [5, 5.41) is 26.7. The Morgan fingerprint density at radius 2 is 2.06 bits per heavy atom. The van der Waals surface area contributed by atoms with E-state index in [1.807, 2.05) is 6.07 Å². The molecule has 1 aliphatic heterocycles. The number of nitrogens with one attached hydrogen (secondary N) is 1. The molecule has 0 unspecified atom stereocenters. The van der Waals surface area contributed by atoms with Crippen LogP contribution in [0.25, 0.3) is 0 Å². The van der Waals surface area contributed by atoms with Gasteiger partial charge in [-0.2, -0.15) is 14.6 Å². The second kappa shape index (κ2) is 8.61. The van der Waals surface area contributed by atoms with Crippen LogP contribution in [-0.2, 0) is 17.1 Å². The van der Waals surface area contributed by atoms with Crippen molar-refractivity contribution in [3.63, 3.8) is 0 Å². The van der Waals surface area contributed by atoms with Gasteiger partial charge >= 0.3 is 0 Å². The summed E-state index contributed by atoms with van der Waals surface area (Å²) in [7, 11) is -2.11. The van der Waals surface area contributed by atoms with Crippen LogP contribution in [0.5, 0.6) is 5.88 Å². The van der Waals surface area contributed by atoms with Crippen LogP contribution >= 0.6 is 0 Å². The molecule has 2 aliphatic rings. The van der Waals surface area contributed by atoms with Crippen LogP contribution in [0, 0.1) is 11.3 Å². The van der Waals surface area contributed by atoms with E-state index in [-0.39, 0.29) is 22.6 Å². The fraction of sp³-hybridized carbons (Fsp3) is 0.632. The molecule has 2 fully saturated rings. The van der Waals surface area contributed by atoms with Crippen molar-refractivity contribution in [3.05, 3.63) is 18.1 Å². The number of anilines is 1. The maximum absolute atomic E-state index is 12.7. The number of aromatic nitrogens is 5. The molecule has 2 aromatic heterocycles. The van der Waals surface area contributed by atoms with E-state index in [0.717, 1.165) is 6.42 Å². The van der Waals surface area contributed by atoms with Crippen molar-refractivity contribution in [2.75, 3.05) is 18.4 Å². The van der Waals surface area contributed by atoms with Gasteiger partial charge in [0.05, 0.1) is 11.8 Å². The number of piperidine rings is 1. The number of ether oxygens (including phenoxy) is 1. The van der Waals surface area contributed by atoms with Gasteiger partial charge in [0, 0.05) is 26.2 Å². The van der Waals surface area contributed by atoms with Crippen LogP contribution in [0.3, 0.4) is 0 Å². The molecule has 1 aliphatic carbocycles. The van der Waals surface area contributed by atoms with E-state index >= 15 is 0 Å². The lowest BCUT2D eigenvalue weighted by Gasteiger charge is -2.31. The lowest BCUT2D eigenvalue weighted by Crippen LogP contribution is -2.43. The molecule has 0 amide bonds. The van der Waals surface area contributed by atoms with Crippen molar-refractivity contribution in [1.82, 2.24) is 29.0 Å². The number of sulfonamides is 1. The summed E-state index contributed by atoms with van der Waals surface area (Å²) < 4.78 is 34.0. The van der Waals surface area contributed by atoms with Crippen molar-refractivity contribution < 1.29 is 18.3 Å². The Morgan fingerprint density at radius 3 is 2.66 bits per heavy atom. The van der Waals surface area contributed by atoms with Gasteiger partial charge in [-0.1, -0.05) is 0 Å². The lowest BCUT2D eigenvalue weighted by molar-refractivity contribution is -0.0271. The van der Waals surface area contributed by atoms with Crippen LogP contribution < -0.4 is 10.1 Å². The monoisotopic (exact) mass is 462 g/mol. The molecule has 13 heteroatoms. The number of hydrogen-bond donors (Lipinski definition) is 2. The molecule has 3 heterocycles. The molecule has 2 atom stereocenters. The minimum atomic E-state index is -3.73. The van der Waals surface area contributed by atoms with E-state index in [0.29, 0.717) is 44.7 Å². The first kappa shape index (κ1) is 22.4. The Morgan fingerprint density at radius 1 is 1.31 bits per heavy atom. The largest absolute Gasteiger partial charge is 0.470 e. The molecule has 1 saturated heterocycles. The van der Waals surface area contributed by atoms with Crippen molar-refractivity contribution >= 4 is 16.0 Å². The van der Waals surface area contributed by atoms with Crippen molar-refractivity contribution in [2.24, 2.45) is 7.05 Å². The zero-order valence-electron chi connectivity index (χ0n) is 18.0. The van der Waals surface area contributed by atoms with Crippen LogP contribution in [0.4, 0.5) is 5.95 Å². The summed E-state index contributed by atoms with van der Waals surface area (Å²) in [4.78, 5) is 12.4. The molecule has 0 radical (unpaired) electrons. The van der Waals surface area contributed by atoms with Crippen molar-refractivity contribution in [2.45, 2.75) is 61.9 Å². The lowest BCUT2D eigenvalue weighted by atomic mass is 10.0. The summed E-state index contributed by atoms with van der Waals surface area (Å²) in [6, 6.07) is 1.97. The molecule has 0 aromatic carbocycles. The van der Waals surface area contributed by atoms with E-state index in [1.54, 1.807) is 14.0 Å². The standard InChI is InChI=1S/C19H26N8O4S/c1-19(28)7-3-4-15(19)31-16-13(10-20)11-21-17(24-16)23-14-5-8-27(9-6-14)32(29,30)18-22-12-26(2)25-18/h11-12,14-15,28H,3-9H2,1-2H3,(H,21,23,24)/t15-,19+/m0/s1. The highest BCUT2D eigenvalue weighted by molar-refractivity contribution is 7.88. The summed E-state index contributed by atoms with van der Waals surface area (Å²) in [5.74, 6) is 0.433. The third kappa shape index (κ3) is 4.52. The summed E-state index contributed by atoms with van der Waals surface area (Å²) >= 11 is 0. The molecule has 1 saturated carbocycles. The number of hydrogen-bond acceptors (Lipinski definition) is 10. The molecule has 0 spiro atoms. The first-order chi connectivity index (χ1) is 15.2. The smallest absolute Gasteiger partial charge is 0.282 e. The quantitative estimate of drug-likeness (QED) is 0.616. The van der Waals surface area contributed by atoms with Crippen molar-refractivity contribution in [1.29, 1.82) is 5.26 Å². The zero-order chi connectivity index (χ0) is 22.9. The number of nitrogens with zero attached hydrogens (tertiary/aromatic N) is 7. The minimum Gasteiger partial charge on any atom is -0.470 e. The SMILES string of the molecule is Cn1cnc(S(=O)(=O)N2CCC(Nc3ncc(C#N)c(O[C@H]4CCC[C@@]4(C)O)n3)CC2)n1. The number of aliphatic hydroxyl groups is 1. The van der Waals surface area contributed by atoms with Gasteiger partial charge < -0.3 is 15.2 Å². The molecule has 172 valence electrons. The zero-order valence-corrected chi connectivity index (χ0v) is 18.8. The normalized spacial score (nSPS) is 24.9. The number of aryl methyl sites for hydroxylation is 1. The molecular formula is C19H26N8O4S. The molecule has 12 nitrogen and oxygen atoms in total. The molecule has 0 bridgehead atoms. The number of nitriles is 1. The Labute approximate surface area is 186 Å². The molecule has 32 heavy (non-hydrogen) atoms. The average Bonchev–Trinajstić information content (AvgIpc) is 3.34. The topological polar surface area (TPSA) is 159 Å². The van der Waals surface area contributed by atoms with E-state index < -0.39 is 21.7 Å². The Kier molecular flexibility index (Phi) is 6.02. The highest BCUT2D eigenvalue weighted by Gasteiger charge is 2.39. The van der Waals surface area contributed by atoms with Gasteiger partial charge in [0.15, 0.2) is 0 Å².